The summed E-state index contributed by atoms with van der Waals surface area (Å²) in [5, 5.41) is 5.74. The molecule has 1 aliphatic carbocycles. The van der Waals surface area contributed by atoms with E-state index in [2.05, 4.69) is 29.6 Å². The van der Waals surface area contributed by atoms with Crippen LogP contribution < -0.4 is 0 Å². The zero-order valence-corrected chi connectivity index (χ0v) is 18.6. The number of carbonyl (C=O) groups is 1. The van der Waals surface area contributed by atoms with Crippen molar-refractivity contribution in [1.29, 1.82) is 0 Å². The highest BCUT2D eigenvalue weighted by Crippen LogP contribution is 2.42. The van der Waals surface area contributed by atoms with E-state index in [1.54, 1.807) is 18.4 Å². The van der Waals surface area contributed by atoms with E-state index in [1.165, 1.54) is 5.56 Å². The Hall–Kier alpha value is -2.58. The van der Waals surface area contributed by atoms with Gasteiger partial charge in [-0.3, -0.25) is 14.5 Å². The van der Waals surface area contributed by atoms with Gasteiger partial charge >= 0.3 is 5.97 Å². The Balaban J connectivity index is 1.69. The summed E-state index contributed by atoms with van der Waals surface area (Å²) in [6, 6.07) is 4.31. The molecule has 3 aromatic rings. The molecule has 8 heteroatoms. The maximum Gasteiger partial charge on any atom is 0.312 e. The molecular formula is C22H26N4O3S. The van der Waals surface area contributed by atoms with E-state index in [4.69, 9.17) is 19.6 Å². The third-order valence-corrected chi connectivity index (χ3v) is 6.20. The first-order valence-corrected chi connectivity index (χ1v) is 11.0. The molecular weight excluding hydrogens is 400 g/mol. The van der Waals surface area contributed by atoms with E-state index >= 15 is 0 Å². The number of hydrogen-bond donors (Lipinski definition) is 0. The van der Waals surface area contributed by atoms with Crippen LogP contribution in [0.1, 0.15) is 41.8 Å². The standard InChI is InChI=1S/C22H26N4O3S/c1-13(2)26-21-16(20(25-26)15-6-5-14(3)23-12-15)7-8-17-22(21)30-18(24-17)11-19(27)29-10-9-28-4/h5-6,12-13H,7-11H2,1-4H3. The highest BCUT2D eigenvalue weighted by molar-refractivity contribution is 7.15. The van der Waals surface area contributed by atoms with Crippen molar-refractivity contribution in [3.8, 4) is 21.8 Å². The normalized spacial score (nSPS) is 12.7. The smallest absolute Gasteiger partial charge is 0.312 e. The fourth-order valence-electron chi connectivity index (χ4n) is 3.65. The second-order valence-electron chi connectivity index (χ2n) is 7.68. The minimum Gasteiger partial charge on any atom is -0.463 e. The maximum atomic E-state index is 12.1. The van der Waals surface area contributed by atoms with Gasteiger partial charge in [0.25, 0.3) is 0 Å². The van der Waals surface area contributed by atoms with Gasteiger partial charge in [-0.1, -0.05) is 0 Å². The first-order valence-electron chi connectivity index (χ1n) is 10.2. The Bertz CT molecular complexity index is 1050. The van der Waals surface area contributed by atoms with Gasteiger partial charge in [0.15, 0.2) is 0 Å². The molecule has 0 unspecified atom stereocenters. The molecule has 0 spiro atoms. The van der Waals surface area contributed by atoms with Gasteiger partial charge in [0, 0.05) is 36.2 Å². The van der Waals surface area contributed by atoms with E-state index in [-0.39, 0.29) is 25.0 Å². The molecule has 4 rings (SSSR count). The zero-order valence-electron chi connectivity index (χ0n) is 17.8. The monoisotopic (exact) mass is 426 g/mol. The summed E-state index contributed by atoms with van der Waals surface area (Å²) >= 11 is 1.57. The minimum atomic E-state index is -0.276. The molecule has 0 aliphatic heterocycles. The molecule has 3 heterocycles. The number of aromatic nitrogens is 4. The van der Waals surface area contributed by atoms with Crippen LogP contribution in [-0.2, 0) is 33.5 Å². The van der Waals surface area contributed by atoms with Gasteiger partial charge in [0.2, 0.25) is 0 Å². The van der Waals surface area contributed by atoms with Crippen LogP contribution in [0.15, 0.2) is 18.3 Å². The topological polar surface area (TPSA) is 79.1 Å². The largest absolute Gasteiger partial charge is 0.463 e. The van der Waals surface area contributed by atoms with E-state index in [9.17, 15) is 4.79 Å². The van der Waals surface area contributed by atoms with Gasteiger partial charge in [0.1, 0.15) is 11.6 Å². The number of pyridine rings is 1. The Kier molecular flexibility index (Phi) is 5.97. The van der Waals surface area contributed by atoms with Crippen molar-refractivity contribution in [3.63, 3.8) is 0 Å². The number of fused-ring (bicyclic) bond motifs is 3. The molecule has 0 radical (unpaired) electrons. The van der Waals surface area contributed by atoms with Crippen LogP contribution in [0.4, 0.5) is 0 Å². The molecule has 158 valence electrons. The molecule has 0 saturated heterocycles. The summed E-state index contributed by atoms with van der Waals surface area (Å²) in [7, 11) is 1.58. The molecule has 0 bridgehead atoms. The van der Waals surface area contributed by atoms with Gasteiger partial charge in [-0.15, -0.1) is 11.3 Å². The number of nitrogens with zero attached hydrogens (tertiary/aromatic N) is 4. The predicted molar refractivity (Wildman–Crippen MR) is 116 cm³/mol. The van der Waals surface area contributed by atoms with Gasteiger partial charge in [-0.2, -0.15) is 5.10 Å². The Labute approximate surface area is 180 Å². The summed E-state index contributed by atoms with van der Waals surface area (Å²) in [5.74, 6) is -0.276. The quantitative estimate of drug-likeness (QED) is 0.422. The molecule has 3 aromatic heterocycles. The number of ether oxygens (including phenoxy) is 2. The molecule has 30 heavy (non-hydrogen) atoms. The highest BCUT2D eigenvalue weighted by atomic mass is 32.1. The third-order valence-electron chi connectivity index (χ3n) is 5.10. The number of carbonyl (C=O) groups excluding carboxylic acids is 1. The molecule has 0 saturated carbocycles. The lowest BCUT2D eigenvalue weighted by atomic mass is 9.95. The number of aryl methyl sites for hydroxylation is 2. The summed E-state index contributed by atoms with van der Waals surface area (Å²) in [6.45, 7) is 6.91. The van der Waals surface area contributed by atoms with Crippen LogP contribution in [0.25, 0.3) is 21.8 Å². The van der Waals surface area contributed by atoms with Crippen LogP contribution in [0, 0.1) is 6.92 Å². The number of esters is 1. The lowest BCUT2D eigenvalue weighted by Crippen LogP contribution is -2.12. The van der Waals surface area contributed by atoms with E-state index in [0.29, 0.717) is 6.61 Å². The Morgan fingerprint density at radius 1 is 1.27 bits per heavy atom. The van der Waals surface area contributed by atoms with E-state index in [1.807, 2.05) is 19.2 Å². The zero-order chi connectivity index (χ0) is 21.3. The van der Waals surface area contributed by atoms with Crippen LogP contribution >= 0.6 is 11.3 Å². The van der Waals surface area contributed by atoms with Gasteiger partial charge in [0.05, 0.1) is 35.0 Å². The Morgan fingerprint density at radius 2 is 2.10 bits per heavy atom. The number of rotatable bonds is 7. The molecule has 0 atom stereocenters. The molecule has 0 fully saturated rings. The first-order chi connectivity index (χ1) is 14.5. The second-order valence-corrected chi connectivity index (χ2v) is 8.76. The molecule has 0 N–H and O–H groups in total. The SMILES string of the molecule is COCCOC(=O)Cc1nc2c(s1)-c1c(c(-c3ccc(C)nc3)nn1C(C)C)CC2. The van der Waals surface area contributed by atoms with Gasteiger partial charge < -0.3 is 9.47 Å². The molecule has 7 nitrogen and oxygen atoms in total. The number of methoxy groups -OCH3 is 1. The lowest BCUT2D eigenvalue weighted by molar-refractivity contribution is -0.144. The van der Waals surface area contributed by atoms with Crippen LogP contribution in [0.3, 0.4) is 0 Å². The predicted octanol–water partition coefficient (Wildman–Crippen LogP) is 3.79. The molecule has 0 amide bonds. The van der Waals surface area contributed by atoms with Crippen molar-refractivity contribution in [2.45, 2.75) is 46.1 Å². The minimum absolute atomic E-state index is 0.182. The van der Waals surface area contributed by atoms with Crippen molar-refractivity contribution in [1.82, 2.24) is 19.7 Å². The molecule has 0 aromatic carbocycles. The lowest BCUT2D eigenvalue weighted by Gasteiger charge is -2.16. The fourth-order valence-corrected chi connectivity index (χ4v) is 4.81. The van der Waals surface area contributed by atoms with Crippen molar-refractivity contribution < 1.29 is 14.3 Å². The number of hydrogen-bond acceptors (Lipinski definition) is 7. The van der Waals surface area contributed by atoms with Crippen LogP contribution in [0.2, 0.25) is 0 Å². The number of thiazole rings is 1. The Morgan fingerprint density at radius 3 is 2.80 bits per heavy atom. The summed E-state index contributed by atoms with van der Waals surface area (Å²) in [4.78, 5) is 22.4. The molecule has 1 aliphatic rings. The van der Waals surface area contributed by atoms with Gasteiger partial charge in [-0.25, -0.2) is 4.98 Å². The highest BCUT2D eigenvalue weighted by Gasteiger charge is 2.30. The van der Waals surface area contributed by atoms with E-state index in [0.717, 1.165) is 51.1 Å². The summed E-state index contributed by atoms with van der Waals surface area (Å²) in [5.41, 5.74) is 6.42. The summed E-state index contributed by atoms with van der Waals surface area (Å²) < 4.78 is 12.2. The fraction of sp³-hybridized carbons (Fsp3) is 0.455. The maximum absolute atomic E-state index is 12.1. The third kappa shape index (κ3) is 4.02. The second kappa shape index (κ2) is 8.65. The van der Waals surface area contributed by atoms with Crippen molar-refractivity contribution in [2.24, 2.45) is 0 Å². The van der Waals surface area contributed by atoms with Crippen molar-refractivity contribution in [3.05, 3.63) is 40.3 Å². The summed E-state index contributed by atoms with van der Waals surface area (Å²) in [6.07, 6.45) is 3.79. The van der Waals surface area contributed by atoms with Gasteiger partial charge in [-0.05, 0) is 45.7 Å². The van der Waals surface area contributed by atoms with Crippen LogP contribution in [-0.4, -0.2) is 46.0 Å². The van der Waals surface area contributed by atoms with Crippen LogP contribution in [0.5, 0.6) is 0 Å². The first kappa shape index (κ1) is 20.7. The van der Waals surface area contributed by atoms with Crippen molar-refractivity contribution >= 4 is 17.3 Å². The average Bonchev–Trinajstić information content (AvgIpc) is 3.29. The average molecular weight is 427 g/mol. The van der Waals surface area contributed by atoms with Crippen molar-refractivity contribution in [2.75, 3.05) is 20.3 Å². The van der Waals surface area contributed by atoms with E-state index < -0.39 is 0 Å².